The third-order valence-corrected chi connectivity index (χ3v) is 2.05. The second kappa shape index (κ2) is 4.54. The first-order chi connectivity index (χ1) is 7.83. The quantitative estimate of drug-likeness (QED) is 0.585. The van der Waals surface area contributed by atoms with Gasteiger partial charge in [0.05, 0.1) is 19.0 Å². The number of nitrogens with zero attached hydrogens (tertiary/aromatic N) is 3. The Morgan fingerprint density at radius 2 is 2.25 bits per heavy atom. The van der Waals surface area contributed by atoms with Gasteiger partial charge >= 0.3 is 0 Å². The van der Waals surface area contributed by atoms with Crippen LogP contribution in [0.4, 0.5) is 5.95 Å². The molecule has 0 aliphatic heterocycles. The summed E-state index contributed by atoms with van der Waals surface area (Å²) in [6, 6.07) is 7.52. The fourth-order valence-corrected chi connectivity index (χ4v) is 1.29. The molecular formula is C10H11N5O. The smallest absolute Gasteiger partial charge is 0.257 e. The van der Waals surface area contributed by atoms with Crippen LogP contribution in [0.25, 0.3) is 11.3 Å². The van der Waals surface area contributed by atoms with E-state index in [-0.39, 0.29) is 5.95 Å². The number of benzene rings is 1. The van der Waals surface area contributed by atoms with E-state index in [0.717, 1.165) is 11.3 Å². The van der Waals surface area contributed by atoms with Crippen molar-refractivity contribution in [1.82, 2.24) is 15.2 Å². The lowest BCUT2D eigenvalue weighted by Crippen LogP contribution is -2.11. The fraction of sp³-hybridized carbons (Fsp3) is 0.100. The van der Waals surface area contributed by atoms with E-state index in [1.165, 1.54) is 0 Å². The second-order valence-electron chi connectivity index (χ2n) is 3.04. The Bertz CT molecular complexity index is 443. The Kier molecular flexibility index (Phi) is 2.93. The monoisotopic (exact) mass is 217 g/mol. The van der Waals surface area contributed by atoms with Crippen LogP contribution in [0.5, 0.6) is 5.75 Å². The van der Waals surface area contributed by atoms with Gasteiger partial charge in [-0.15, -0.1) is 5.10 Å². The Hall–Kier alpha value is -2.21. The van der Waals surface area contributed by atoms with Crippen molar-refractivity contribution < 1.29 is 4.74 Å². The van der Waals surface area contributed by atoms with Gasteiger partial charge in [-0.05, 0) is 12.1 Å². The van der Waals surface area contributed by atoms with Crippen molar-refractivity contribution in [3.63, 3.8) is 0 Å². The highest BCUT2D eigenvalue weighted by Crippen LogP contribution is 2.21. The molecule has 0 radical (unpaired) electrons. The van der Waals surface area contributed by atoms with Crippen LogP contribution in [-0.2, 0) is 0 Å². The standard InChI is InChI=1S/C10H11N5O/c1-16-8-4-2-3-7(5-8)9-6-12-15-10(13-9)14-11/h2-6H,11H2,1H3,(H,13,14,15). The molecule has 16 heavy (non-hydrogen) atoms. The molecule has 6 nitrogen and oxygen atoms in total. The minimum atomic E-state index is 0.278. The number of hydrogen-bond acceptors (Lipinski definition) is 6. The number of nitrogens with two attached hydrogens (primary N) is 1. The molecule has 2 aromatic rings. The molecule has 2 rings (SSSR count). The lowest BCUT2D eigenvalue weighted by molar-refractivity contribution is 0.415. The third kappa shape index (κ3) is 2.06. The number of hydrogen-bond donors (Lipinski definition) is 2. The van der Waals surface area contributed by atoms with Crippen molar-refractivity contribution in [2.24, 2.45) is 5.84 Å². The number of methoxy groups -OCH3 is 1. The summed E-state index contributed by atoms with van der Waals surface area (Å²) in [4.78, 5) is 4.17. The average molecular weight is 217 g/mol. The SMILES string of the molecule is COc1cccc(-c2cnnc(NN)n2)c1. The number of hydrazine groups is 1. The molecule has 0 fully saturated rings. The maximum absolute atomic E-state index is 5.21. The molecule has 0 amide bonds. The molecule has 0 saturated heterocycles. The van der Waals surface area contributed by atoms with Crippen LogP contribution in [0.2, 0.25) is 0 Å². The van der Waals surface area contributed by atoms with Gasteiger partial charge in [0, 0.05) is 5.56 Å². The van der Waals surface area contributed by atoms with E-state index in [2.05, 4.69) is 20.6 Å². The van der Waals surface area contributed by atoms with E-state index >= 15 is 0 Å². The van der Waals surface area contributed by atoms with Gasteiger partial charge in [0.2, 0.25) is 0 Å². The fourth-order valence-electron chi connectivity index (χ4n) is 1.29. The molecule has 0 spiro atoms. The minimum absolute atomic E-state index is 0.278. The molecule has 1 aromatic heterocycles. The van der Waals surface area contributed by atoms with Crippen molar-refractivity contribution in [2.75, 3.05) is 12.5 Å². The average Bonchev–Trinajstić information content (AvgIpc) is 2.39. The predicted molar refractivity (Wildman–Crippen MR) is 59.6 cm³/mol. The van der Waals surface area contributed by atoms with E-state index < -0.39 is 0 Å². The first-order valence-electron chi connectivity index (χ1n) is 4.64. The summed E-state index contributed by atoms with van der Waals surface area (Å²) < 4.78 is 5.13. The first kappa shape index (κ1) is 10.3. The largest absolute Gasteiger partial charge is 0.497 e. The van der Waals surface area contributed by atoms with Gasteiger partial charge in [-0.3, -0.25) is 5.43 Å². The zero-order chi connectivity index (χ0) is 11.4. The maximum Gasteiger partial charge on any atom is 0.257 e. The number of nitrogens with one attached hydrogen (secondary N) is 1. The zero-order valence-electron chi connectivity index (χ0n) is 8.71. The topological polar surface area (TPSA) is 86.0 Å². The van der Waals surface area contributed by atoms with E-state index in [1.54, 1.807) is 13.3 Å². The molecule has 82 valence electrons. The summed E-state index contributed by atoms with van der Waals surface area (Å²) in [6.45, 7) is 0. The van der Waals surface area contributed by atoms with Crippen molar-refractivity contribution in [1.29, 1.82) is 0 Å². The second-order valence-corrected chi connectivity index (χ2v) is 3.04. The van der Waals surface area contributed by atoms with Crippen LogP contribution in [0.1, 0.15) is 0 Å². The predicted octanol–water partition coefficient (Wildman–Crippen LogP) is 0.833. The number of nitrogen functional groups attached to an aromatic ring is 1. The summed E-state index contributed by atoms with van der Waals surface area (Å²) in [7, 11) is 1.62. The highest BCUT2D eigenvalue weighted by molar-refractivity contribution is 5.60. The maximum atomic E-state index is 5.21. The first-order valence-corrected chi connectivity index (χ1v) is 4.64. The highest BCUT2D eigenvalue weighted by Gasteiger charge is 2.03. The van der Waals surface area contributed by atoms with Crippen molar-refractivity contribution in [2.45, 2.75) is 0 Å². The summed E-state index contributed by atoms with van der Waals surface area (Å²) in [5.41, 5.74) is 3.93. The zero-order valence-corrected chi connectivity index (χ0v) is 8.71. The van der Waals surface area contributed by atoms with Crippen LogP contribution < -0.4 is 16.0 Å². The lowest BCUT2D eigenvalue weighted by Gasteiger charge is -2.04. The molecule has 0 saturated carbocycles. The van der Waals surface area contributed by atoms with E-state index in [1.807, 2.05) is 24.3 Å². The van der Waals surface area contributed by atoms with Crippen LogP contribution in [0.3, 0.4) is 0 Å². The van der Waals surface area contributed by atoms with Gasteiger partial charge in [-0.1, -0.05) is 12.1 Å². The summed E-state index contributed by atoms with van der Waals surface area (Å²) >= 11 is 0. The summed E-state index contributed by atoms with van der Waals surface area (Å²) in [5, 5.41) is 7.49. The Labute approximate surface area is 92.5 Å². The molecule has 0 atom stereocenters. The number of ether oxygens (including phenoxy) is 1. The van der Waals surface area contributed by atoms with Crippen LogP contribution in [0.15, 0.2) is 30.5 Å². The molecule has 1 aromatic carbocycles. The lowest BCUT2D eigenvalue weighted by atomic mass is 10.1. The number of rotatable bonds is 3. The highest BCUT2D eigenvalue weighted by atomic mass is 16.5. The molecular weight excluding hydrogens is 206 g/mol. The Morgan fingerprint density at radius 3 is 3.00 bits per heavy atom. The van der Waals surface area contributed by atoms with E-state index in [9.17, 15) is 0 Å². The van der Waals surface area contributed by atoms with Gasteiger partial charge in [0.15, 0.2) is 0 Å². The third-order valence-electron chi connectivity index (χ3n) is 2.05. The molecule has 3 N–H and O–H groups in total. The van der Waals surface area contributed by atoms with Crippen molar-refractivity contribution in [3.05, 3.63) is 30.5 Å². The Morgan fingerprint density at radius 1 is 1.38 bits per heavy atom. The molecule has 0 unspecified atom stereocenters. The summed E-state index contributed by atoms with van der Waals surface area (Å²) in [6.07, 6.45) is 1.57. The van der Waals surface area contributed by atoms with Gasteiger partial charge in [-0.25, -0.2) is 10.8 Å². The van der Waals surface area contributed by atoms with Crippen LogP contribution in [-0.4, -0.2) is 22.3 Å². The van der Waals surface area contributed by atoms with Gasteiger partial charge < -0.3 is 4.74 Å². The van der Waals surface area contributed by atoms with Crippen molar-refractivity contribution in [3.8, 4) is 17.0 Å². The number of anilines is 1. The van der Waals surface area contributed by atoms with Gasteiger partial charge in [0.1, 0.15) is 5.75 Å². The molecule has 0 aliphatic rings. The molecule has 6 heteroatoms. The van der Waals surface area contributed by atoms with E-state index in [0.29, 0.717) is 5.69 Å². The number of aromatic nitrogens is 3. The molecule has 0 bridgehead atoms. The van der Waals surface area contributed by atoms with E-state index in [4.69, 9.17) is 10.6 Å². The van der Waals surface area contributed by atoms with Crippen LogP contribution in [0, 0.1) is 0 Å². The molecule has 0 aliphatic carbocycles. The van der Waals surface area contributed by atoms with Gasteiger partial charge in [0.25, 0.3) is 5.95 Å². The minimum Gasteiger partial charge on any atom is -0.497 e. The molecule has 1 heterocycles. The van der Waals surface area contributed by atoms with Crippen LogP contribution >= 0.6 is 0 Å². The van der Waals surface area contributed by atoms with Gasteiger partial charge in [-0.2, -0.15) is 5.10 Å². The Balaban J connectivity index is 2.41. The van der Waals surface area contributed by atoms with Crippen molar-refractivity contribution >= 4 is 5.95 Å². The normalized spacial score (nSPS) is 9.88. The summed E-state index contributed by atoms with van der Waals surface area (Å²) in [5.74, 6) is 6.25.